The second kappa shape index (κ2) is 5.80. The van der Waals surface area contributed by atoms with Gasteiger partial charge in [0.1, 0.15) is 12.2 Å². The van der Waals surface area contributed by atoms with E-state index in [0.29, 0.717) is 5.92 Å². The highest BCUT2D eigenvalue weighted by atomic mass is 16.8. The first-order valence-corrected chi connectivity index (χ1v) is 7.87. The number of carbonyl (C=O) groups is 1. The third kappa shape index (κ3) is 3.21. The Morgan fingerprint density at radius 1 is 1.19 bits per heavy atom. The summed E-state index contributed by atoms with van der Waals surface area (Å²) >= 11 is 0. The van der Waals surface area contributed by atoms with Gasteiger partial charge >= 0.3 is 0 Å². The highest BCUT2D eigenvalue weighted by Gasteiger charge is 2.55. The number of allylic oxidation sites excluding steroid dienone is 1. The zero-order chi connectivity index (χ0) is 15.0. The standard InChI is InChI=1S/C16H24O5/c1-16(2)20-14-12(18)13(19-15(14)21-16)11(17)9-8-10-6-4-3-5-7-10/h8-10,12-15,18H,3-7H2,1-2H3/b9-8+/t12-,13+,14+,15+/m0/s1. The normalized spacial score (nSPS) is 39.8. The van der Waals surface area contributed by atoms with Crippen LogP contribution in [0.2, 0.25) is 0 Å². The molecule has 0 radical (unpaired) electrons. The molecule has 0 amide bonds. The second-order valence-electron chi connectivity index (χ2n) is 6.68. The minimum atomic E-state index is -0.972. The summed E-state index contributed by atoms with van der Waals surface area (Å²) in [5.41, 5.74) is 0. The molecule has 0 unspecified atom stereocenters. The van der Waals surface area contributed by atoms with Gasteiger partial charge in [0.25, 0.3) is 0 Å². The highest BCUT2D eigenvalue weighted by Crippen LogP contribution is 2.37. The topological polar surface area (TPSA) is 65.0 Å². The number of rotatable bonds is 3. The molecular weight excluding hydrogens is 272 g/mol. The van der Waals surface area contributed by atoms with Crippen LogP contribution in [0.25, 0.3) is 0 Å². The molecular formula is C16H24O5. The maximum Gasteiger partial charge on any atom is 0.190 e. The van der Waals surface area contributed by atoms with Crippen molar-refractivity contribution in [1.82, 2.24) is 0 Å². The summed E-state index contributed by atoms with van der Waals surface area (Å²) < 4.78 is 16.7. The molecule has 1 aliphatic carbocycles. The van der Waals surface area contributed by atoms with Crippen molar-refractivity contribution in [2.45, 2.75) is 76.3 Å². The van der Waals surface area contributed by atoms with Gasteiger partial charge in [0.15, 0.2) is 24.0 Å². The Kier molecular flexibility index (Phi) is 4.19. The fourth-order valence-electron chi connectivity index (χ4n) is 3.38. The number of hydrogen-bond donors (Lipinski definition) is 1. The molecule has 1 N–H and O–H groups in total. The van der Waals surface area contributed by atoms with E-state index < -0.39 is 30.4 Å². The maximum absolute atomic E-state index is 12.2. The highest BCUT2D eigenvalue weighted by molar-refractivity contribution is 5.94. The van der Waals surface area contributed by atoms with E-state index in [1.54, 1.807) is 19.9 Å². The zero-order valence-electron chi connectivity index (χ0n) is 12.7. The van der Waals surface area contributed by atoms with Crippen LogP contribution >= 0.6 is 0 Å². The minimum Gasteiger partial charge on any atom is -0.387 e. The van der Waals surface area contributed by atoms with Gasteiger partial charge in [-0.1, -0.05) is 25.3 Å². The average Bonchev–Trinajstić information content (AvgIpc) is 2.91. The Bertz CT molecular complexity index is 424. The second-order valence-corrected chi connectivity index (χ2v) is 6.68. The number of ketones is 1. The van der Waals surface area contributed by atoms with Gasteiger partial charge in [0.05, 0.1) is 0 Å². The third-order valence-corrected chi connectivity index (χ3v) is 4.48. The smallest absolute Gasteiger partial charge is 0.190 e. The number of aliphatic hydroxyl groups excluding tert-OH is 1. The van der Waals surface area contributed by atoms with Gasteiger partial charge in [0.2, 0.25) is 0 Å². The lowest BCUT2D eigenvalue weighted by molar-refractivity contribution is -0.213. The Morgan fingerprint density at radius 2 is 1.90 bits per heavy atom. The van der Waals surface area contributed by atoms with E-state index in [2.05, 4.69) is 0 Å². The summed E-state index contributed by atoms with van der Waals surface area (Å²) in [4.78, 5) is 12.2. The molecule has 5 heteroatoms. The van der Waals surface area contributed by atoms with Gasteiger partial charge in [-0.2, -0.15) is 0 Å². The van der Waals surface area contributed by atoms with Crippen molar-refractivity contribution in [3.63, 3.8) is 0 Å². The van der Waals surface area contributed by atoms with Crippen LogP contribution in [0.3, 0.4) is 0 Å². The van der Waals surface area contributed by atoms with Crippen LogP contribution in [0, 0.1) is 5.92 Å². The van der Waals surface area contributed by atoms with Crippen molar-refractivity contribution in [1.29, 1.82) is 0 Å². The van der Waals surface area contributed by atoms with Crippen molar-refractivity contribution in [3.05, 3.63) is 12.2 Å². The first kappa shape index (κ1) is 15.2. The van der Waals surface area contributed by atoms with Crippen molar-refractivity contribution in [3.8, 4) is 0 Å². The minimum absolute atomic E-state index is 0.201. The van der Waals surface area contributed by atoms with E-state index in [1.807, 2.05) is 6.08 Å². The number of fused-ring (bicyclic) bond motifs is 1. The van der Waals surface area contributed by atoms with Crippen LogP contribution in [-0.4, -0.2) is 41.3 Å². The Labute approximate surface area is 125 Å². The first-order chi connectivity index (χ1) is 9.96. The molecule has 0 bridgehead atoms. The predicted molar refractivity (Wildman–Crippen MR) is 75.4 cm³/mol. The summed E-state index contributed by atoms with van der Waals surface area (Å²) in [5, 5.41) is 10.2. The summed E-state index contributed by atoms with van der Waals surface area (Å²) in [7, 11) is 0. The van der Waals surface area contributed by atoms with Crippen LogP contribution in [0.15, 0.2) is 12.2 Å². The summed E-state index contributed by atoms with van der Waals surface area (Å²) in [6, 6.07) is 0. The lowest BCUT2D eigenvalue weighted by atomic mass is 9.88. The molecule has 118 valence electrons. The van der Waals surface area contributed by atoms with E-state index in [9.17, 15) is 9.90 Å². The summed E-state index contributed by atoms with van der Waals surface area (Å²) in [5.74, 6) is -0.498. The van der Waals surface area contributed by atoms with Gasteiger partial charge in [-0.15, -0.1) is 0 Å². The molecule has 2 saturated heterocycles. The Balaban J connectivity index is 1.58. The van der Waals surface area contributed by atoms with Crippen molar-refractivity contribution in [2.24, 2.45) is 5.92 Å². The van der Waals surface area contributed by atoms with Crippen LogP contribution in [0.5, 0.6) is 0 Å². The van der Waals surface area contributed by atoms with E-state index >= 15 is 0 Å². The molecule has 0 aromatic heterocycles. The average molecular weight is 296 g/mol. The van der Waals surface area contributed by atoms with E-state index in [4.69, 9.17) is 14.2 Å². The summed E-state index contributed by atoms with van der Waals surface area (Å²) in [6.45, 7) is 3.53. The van der Waals surface area contributed by atoms with Gasteiger partial charge < -0.3 is 19.3 Å². The quantitative estimate of drug-likeness (QED) is 0.806. The largest absolute Gasteiger partial charge is 0.387 e. The predicted octanol–water partition coefficient (Wildman–Crippen LogP) is 1.93. The lowest BCUT2D eigenvalue weighted by Gasteiger charge is -2.22. The zero-order valence-corrected chi connectivity index (χ0v) is 12.7. The van der Waals surface area contributed by atoms with Crippen LogP contribution in [0.4, 0.5) is 0 Å². The molecule has 2 aliphatic heterocycles. The molecule has 0 spiro atoms. The molecule has 3 aliphatic rings. The Hall–Kier alpha value is -0.750. The molecule has 21 heavy (non-hydrogen) atoms. The monoisotopic (exact) mass is 296 g/mol. The Morgan fingerprint density at radius 3 is 2.57 bits per heavy atom. The van der Waals surface area contributed by atoms with Crippen LogP contribution in [-0.2, 0) is 19.0 Å². The van der Waals surface area contributed by atoms with E-state index in [1.165, 1.54) is 19.3 Å². The third-order valence-electron chi connectivity index (χ3n) is 4.48. The van der Waals surface area contributed by atoms with Crippen LogP contribution in [0.1, 0.15) is 46.0 Å². The fraction of sp³-hybridized carbons (Fsp3) is 0.812. The van der Waals surface area contributed by atoms with Crippen molar-refractivity contribution < 1.29 is 24.1 Å². The summed E-state index contributed by atoms with van der Waals surface area (Å²) in [6.07, 6.45) is 6.47. The van der Waals surface area contributed by atoms with E-state index in [-0.39, 0.29) is 5.78 Å². The fourth-order valence-corrected chi connectivity index (χ4v) is 3.38. The number of aliphatic hydroxyl groups is 1. The molecule has 0 aromatic carbocycles. The molecule has 3 rings (SSSR count). The maximum atomic E-state index is 12.2. The van der Waals surface area contributed by atoms with Crippen LogP contribution < -0.4 is 0 Å². The number of hydrogen-bond acceptors (Lipinski definition) is 5. The van der Waals surface area contributed by atoms with Gasteiger partial charge in [0, 0.05) is 0 Å². The van der Waals surface area contributed by atoms with Gasteiger partial charge in [-0.25, -0.2) is 0 Å². The molecule has 4 atom stereocenters. The molecule has 1 saturated carbocycles. The van der Waals surface area contributed by atoms with Gasteiger partial charge in [-0.3, -0.25) is 4.79 Å². The SMILES string of the molecule is CC1(C)O[C@H]2O[C@H](C(=O)/C=C/C3CCCCC3)[C@H](O)[C@H]2O1. The molecule has 2 heterocycles. The number of carbonyl (C=O) groups excluding carboxylic acids is 1. The first-order valence-electron chi connectivity index (χ1n) is 7.87. The molecule has 0 aromatic rings. The van der Waals surface area contributed by atoms with Crippen molar-refractivity contribution >= 4 is 5.78 Å². The lowest BCUT2D eigenvalue weighted by Crippen LogP contribution is -2.38. The van der Waals surface area contributed by atoms with Crippen molar-refractivity contribution in [2.75, 3.05) is 0 Å². The molecule has 3 fully saturated rings. The molecule has 5 nitrogen and oxygen atoms in total. The van der Waals surface area contributed by atoms with E-state index in [0.717, 1.165) is 12.8 Å². The number of ether oxygens (including phenoxy) is 3. The van der Waals surface area contributed by atoms with Gasteiger partial charge in [-0.05, 0) is 38.7 Å².